The Hall–Kier alpha value is -4.69. The number of hydrogen-bond acceptors (Lipinski definition) is 5. The molecule has 0 radical (unpaired) electrons. The Morgan fingerprint density at radius 2 is 1.50 bits per heavy atom. The normalized spacial score (nSPS) is 17.5. The SMILES string of the molecule is Cc1ccc(C(CC(=O)O)NC(=O)c2ccc(N3C(C)COCC3C)c(NC(=O)c3ccc4ccccc4c3)c2)cc1. The van der Waals surface area contributed by atoms with E-state index < -0.39 is 17.9 Å². The number of amides is 2. The number of nitrogens with zero attached hydrogens (tertiary/aromatic N) is 1. The summed E-state index contributed by atoms with van der Waals surface area (Å²) >= 11 is 0. The summed E-state index contributed by atoms with van der Waals surface area (Å²) in [5, 5.41) is 17.4. The molecular formula is C34H35N3O5. The highest BCUT2D eigenvalue weighted by Crippen LogP contribution is 2.33. The summed E-state index contributed by atoms with van der Waals surface area (Å²) in [6, 6.07) is 25.4. The molecular weight excluding hydrogens is 530 g/mol. The van der Waals surface area contributed by atoms with Crippen LogP contribution in [-0.2, 0) is 9.53 Å². The number of aryl methyl sites for hydroxylation is 1. The lowest BCUT2D eigenvalue weighted by Gasteiger charge is -2.41. The van der Waals surface area contributed by atoms with Gasteiger partial charge >= 0.3 is 5.97 Å². The first-order chi connectivity index (χ1) is 20.2. The van der Waals surface area contributed by atoms with Crippen molar-refractivity contribution in [2.24, 2.45) is 0 Å². The van der Waals surface area contributed by atoms with Crippen LogP contribution in [0.25, 0.3) is 10.8 Å². The van der Waals surface area contributed by atoms with Crippen LogP contribution in [0, 0.1) is 6.92 Å². The van der Waals surface area contributed by atoms with E-state index in [-0.39, 0.29) is 24.4 Å². The second-order valence-electron chi connectivity index (χ2n) is 10.9. The van der Waals surface area contributed by atoms with Crippen molar-refractivity contribution in [2.75, 3.05) is 23.4 Å². The van der Waals surface area contributed by atoms with E-state index in [9.17, 15) is 19.5 Å². The van der Waals surface area contributed by atoms with Gasteiger partial charge in [0, 0.05) is 23.2 Å². The number of fused-ring (bicyclic) bond motifs is 1. The van der Waals surface area contributed by atoms with Crippen LogP contribution in [0.5, 0.6) is 0 Å². The molecule has 0 aliphatic carbocycles. The van der Waals surface area contributed by atoms with Crippen LogP contribution < -0.4 is 15.5 Å². The molecule has 1 aliphatic heterocycles. The van der Waals surface area contributed by atoms with Gasteiger partial charge in [0.05, 0.1) is 37.1 Å². The largest absolute Gasteiger partial charge is 0.481 e. The Labute approximate surface area is 245 Å². The number of aliphatic carboxylic acids is 1. The van der Waals surface area contributed by atoms with Gasteiger partial charge in [-0.15, -0.1) is 0 Å². The van der Waals surface area contributed by atoms with E-state index in [0.717, 1.165) is 22.0 Å². The van der Waals surface area contributed by atoms with E-state index in [1.165, 1.54) is 0 Å². The fraction of sp³-hybridized carbons (Fsp3) is 0.265. The molecule has 1 aliphatic rings. The molecule has 8 nitrogen and oxygen atoms in total. The molecule has 0 saturated carbocycles. The third-order valence-corrected chi connectivity index (χ3v) is 7.63. The molecule has 1 saturated heterocycles. The molecule has 8 heteroatoms. The summed E-state index contributed by atoms with van der Waals surface area (Å²) in [4.78, 5) is 40.8. The van der Waals surface area contributed by atoms with E-state index in [1.807, 2.05) is 73.7 Å². The third-order valence-electron chi connectivity index (χ3n) is 7.63. The number of ether oxygens (including phenoxy) is 1. The third kappa shape index (κ3) is 6.44. The summed E-state index contributed by atoms with van der Waals surface area (Å²) in [5.41, 5.74) is 3.82. The van der Waals surface area contributed by atoms with Gasteiger partial charge < -0.3 is 25.4 Å². The van der Waals surface area contributed by atoms with Gasteiger partial charge in [0.15, 0.2) is 0 Å². The first kappa shape index (κ1) is 28.8. The maximum absolute atomic E-state index is 13.5. The smallest absolute Gasteiger partial charge is 0.305 e. The van der Waals surface area contributed by atoms with Crippen molar-refractivity contribution in [2.45, 2.75) is 45.3 Å². The van der Waals surface area contributed by atoms with E-state index in [0.29, 0.717) is 35.6 Å². The van der Waals surface area contributed by atoms with E-state index >= 15 is 0 Å². The lowest BCUT2D eigenvalue weighted by Crippen LogP contribution is -2.50. The van der Waals surface area contributed by atoms with Crippen LogP contribution >= 0.6 is 0 Å². The van der Waals surface area contributed by atoms with Crippen LogP contribution in [-0.4, -0.2) is 48.2 Å². The predicted octanol–water partition coefficient (Wildman–Crippen LogP) is 5.96. The molecule has 1 fully saturated rings. The summed E-state index contributed by atoms with van der Waals surface area (Å²) < 4.78 is 5.72. The maximum atomic E-state index is 13.5. The first-order valence-electron chi connectivity index (χ1n) is 14.1. The summed E-state index contributed by atoms with van der Waals surface area (Å²) in [5.74, 6) is -1.75. The Morgan fingerprint density at radius 3 is 2.19 bits per heavy atom. The molecule has 4 aromatic carbocycles. The van der Waals surface area contributed by atoms with E-state index in [1.54, 1.807) is 18.2 Å². The standard InChI is InChI=1S/C34H35N3O5/c1-21-8-10-25(11-9-21)29(18-32(38)39)35-34(41)28-14-15-31(37-22(2)19-42-20-23(37)3)30(17-28)36-33(40)27-13-12-24-6-4-5-7-26(24)16-27/h4-17,22-23,29H,18-20H2,1-3H3,(H,35,41)(H,36,40)(H,38,39). The Balaban J connectivity index is 1.48. The fourth-order valence-corrected chi connectivity index (χ4v) is 5.47. The van der Waals surface area contributed by atoms with Crippen LogP contribution in [0.15, 0.2) is 84.9 Å². The average Bonchev–Trinajstić information content (AvgIpc) is 2.97. The molecule has 42 heavy (non-hydrogen) atoms. The number of nitrogens with one attached hydrogen (secondary N) is 2. The quantitative estimate of drug-likeness (QED) is 0.243. The Bertz CT molecular complexity index is 1610. The van der Waals surface area contributed by atoms with Crippen LogP contribution in [0.3, 0.4) is 0 Å². The number of carbonyl (C=O) groups is 3. The zero-order valence-corrected chi connectivity index (χ0v) is 24.0. The van der Waals surface area contributed by atoms with Crippen LogP contribution in [0.4, 0.5) is 11.4 Å². The maximum Gasteiger partial charge on any atom is 0.305 e. The summed E-state index contributed by atoms with van der Waals surface area (Å²) in [6.07, 6.45) is -0.263. The number of rotatable bonds is 8. The number of carboxylic acids is 1. The van der Waals surface area contributed by atoms with Gasteiger partial charge in [0.25, 0.3) is 11.8 Å². The molecule has 216 valence electrons. The van der Waals surface area contributed by atoms with Crippen molar-refractivity contribution in [1.29, 1.82) is 0 Å². The molecule has 0 bridgehead atoms. The highest BCUT2D eigenvalue weighted by molar-refractivity contribution is 6.09. The minimum Gasteiger partial charge on any atom is -0.481 e. The number of morpholine rings is 1. The van der Waals surface area contributed by atoms with Gasteiger partial charge in [-0.3, -0.25) is 14.4 Å². The summed E-state index contributed by atoms with van der Waals surface area (Å²) in [7, 11) is 0. The highest BCUT2D eigenvalue weighted by atomic mass is 16.5. The van der Waals surface area contributed by atoms with Crippen LogP contribution in [0.1, 0.15) is 58.2 Å². The molecule has 5 rings (SSSR count). The number of carbonyl (C=O) groups excluding carboxylic acids is 2. The average molecular weight is 566 g/mol. The van der Waals surface area contributed by atoms with Gasteiger partial charge in [0.1, 0.15) is 0 Å². The Kier molecular flexibility index (Phi) is 8.54. The lowest BCUT2D eigenvalue weighted by atomic mass is 10.0. The topological polar surface area (TPSA) is 108 Å². The van der Waals surface area contributed by atoms with Gasteiger partial charge in [-0.05, 0) is 67.4 Å². The molecule has 0 aromatic heterocycles. The molecule has 2 amide bonds. The molecule has 3 unspecified atom stereocenters. The zero-order chi connectivity index (χ0) is 29.8. The number of anilines is 2. The second kappa shape index (κ2) is 12.4. The minimum atomic E-state index is -1.02. The van der Waals surface area contributed by atoms with Crippen molar-refractivity contribution in [3.05, 3.63) is 107 Å². The predicted molar refractivity (Wildman–Crippen MR) is 164 cm³/mol. The molecule has 1 heterocycles. The Morgan fingerprint density at radius 1 is 0.857 bits per heavy atom. The molecule has 3 atom stereocenters. The number of hydrogen-bond donors (Lipinski definition) is 3. The van der Waals surface area contributed by atoms with Crippen molar-refractivity contribution in [3.8, 4) is 0 Å². The van der Waals surface area contributed by atoms with Crippen molar-refractivity contribution in [1.82, 2.24) is 5.32 Å². The fourth-order valence-electron chi connectivity index (χ4n) is 5.47. The van der Waals surface area contributed by atoms with Crippen molar-refractivity contribution >= 4 is 39.9 Å². The van der Waals surface area contributed by atoms with Gasteiger partial charge in [-0.1, -0.05) is 60.2 Å². The van der Waals surface area contributed by atoms with Crippen molar-refractivity contribution in [3.63, 3.8) is 0 Å². The number of carboxylic acid groups (broad SMARTS) is 1. The first-order valence-corrected chi connectivity index (χ1v) is 14.1. The molecule has 0 spiro atoms. The molecule has 4 aromatic rings. The van der Waals surface area contributed by atoms with E-state index in [4.69, 9.17) is 4.74 Å². The van der Waals surface area contributed by atoms with E-state index in [2.05, 4.69) is 29.4 Å². The summed E-state index contributed by atoms with van der Waals surface area (Å²) in [6.45, 7) is 7.14. The number of benzene rings is 4. The lowest BCUT2D eigenvalue weighted by molar-refractivity contribution is -0.137. The molecule has 3 N–H and O–H groups in total. The second-order valence-corrected chi connectivity index (χ2v) is 10.9. The van der Waals surface area contributed by atoms with Crippen molar-refractivity contribution < 1.29 is 24.2 Å². The highest BCUT2D eigenvalue weighted by Gasteiger charge is 2.29. The van der Waals surface area contributed by atoms with Gasteiger partial charge in [0.2, 0.25) is 0 Å². The zero-order valence-electron chi connectivity index (χ0n) is 24.0. The van der Waals surface area contributed by atoms with Gasteiger partial charge in [-0.2, -0.15) is 0 Å². The monoisotopic (exact) mass is 565 g/mol. The minimum absolute atomic E-state index is 0.0474. The van der Waals surface area contributed by atoms with Crippen LogP contribution in [0.2, 0.25) is 0 Å². The van der Waals surface area contributed by atoms with Gasteiger partial charge in [-0.25, -0.2) is 0 Å².